The van der Waals surface area contributed by atoms with Crippen LogP contribution in [0.25, 0.3) is 0 Å². The number of nitrogens with two attached hydrogens (primary N) is 1. The lowest BCUT2D eigenvalue weighted by Crippen LogP contribution is -2.44. The highest BCUT2D eigenvalue weighted by molar-refractivity contribution is 5.91. The molecule has 1 aliphatic rings. The Morgan fingerprint density at radius 2 is 2.31 bits per heavy atom. The second-order valence-corrected chi connectivity index (χ2v) is 4.34. The normalized spacial score (nSPS) is 18.6. The van der Waals surface area contributed by atoms with E-state index < -0.39 is 0 Å². The lowest BCUT2D eigenvalue weighted by molar-refractivity contribution is 0.0896. The van der Waals surface area contributed by atoms with E-state index in [4.69, 9.17) is 10.2 Å². The van der Waals surface area contributed by atoms with Crippen molar-refractivity contribution in [1.82, 2.24) is 5.32 Å². The minimum absolute atomic E-state index is 0.0834. The van der Waals surface area contributed by atoms with Crippen LogP contribution < -0.4 is 11.1 Å². The highest BCUT2D eigenvalue weighted by atomic mass is 16.3. The molecule has 0 spiro atoms. The van der Waals surface area contributed by atoms with Crippen molar-refractivity contribution in [3.63, 3.8) is 0 Å². The topological polar surface area (TPSA) is 68.3 Å². The van der Waals surface area contributed by atoms with Crippen LogP contribution in [0.5, 0.6) is 0 Å². The molecule has 3 N–H and O–H groups in total. The molecule has 1 atom stereocenters. The summed E-state index contributed by atoms with van der Waals surface area (Å²) in [6, 6.07) is 3.46. The number of nitrogens with one attached hydrogen (secondary N) is 1. The van der Waals surface area contributed by atoms with Crippen molar-refractivity contribution >= 4 is 5.91 Å². The van der Waals surface area contributed by atoms with Crippen LogP contribution in [0.15, 0.2) is 22.8 Å². The molecule has 0 radical (unpaired) electrons. The fourth-order valence-corrected chi connectivity index (χ4v) is 2.38. The molecule has 4 heteroatoms. The van der Waals surface area contributed by atoms with Gasteiger partial charge >= 0.3 is 0 Å². The van der Waals surface area contributed by atoms with Gasteiger partial charge in [-0.15, -0.1) is 0 Å². The molecule has 0 aliphatic heterocycles. The van der Waals surface area contributed by atoms with Gasteiger partial charge < -0.3 is 15.5 Å². The summed E-state index contributed by atoms with van der Waals surface area (Å²) < 4.78 is 5.05. The van der Waals surface area contributed by atoms with E-state index in [2.05, 4.69) is 5.32 Å². The average Bonchev–Trinajstić information content (AvgIpc) is 2.96. The Morgan fingerprint density at radius 3 is 2.88 bits per heavy atom. The number of furan rings is 1. The minimum Gasteiger partial charge on any atom is -0.459 e. The second-order valence-electron chi connectivity index (χ2n) is 4.34. The second kappa shape index (κ2) is 5.16. The standard InChI is InChI=1S/C12H18N2O2/c13-8-10(9-4-1-2-5-9)14-12(15)11-6-3-7-16-11/h3,6-7,9-10H,1-2,4-5,8,13H2,(H,14,15). The van der Waals surface area contributed by atoms with E-state index in [1.807, 2.05) is 0 Å². The molecule has 0 aromatic carbocycles. The Morgan fingerprint density at radius 1 is 1.56 bits per heavy atom. The third kappa shape index (κ3) is 2.44. The maximum Gasteiger partial charge on any atom is 0.287 e. The first-order valence-electron chi connectivity index (χ1n) is 5.85. The zero-order valence-corrected chi connectivity index (χ0v) is 9.32. The van der Waals surface area contributed by atoms with Gasteiger partial charge in [-0.1, -0.05) is 12.8 Å². The molecule has 0 bridgehead atoms. The molecule has 0 saturated heterocycles. The van der Waals surface area contributed by atoms with Gasteiger partial charge in [-0.25, -0.2) is 0 Å². The van der Waals surface area contributed by atoms with E-state index in [0.29, 0.717) is 18.2 Å². The van der Waals surface area contributed by atoms with Gasteiger partial charge in [-0.2, -0.15) is 0 Å². The van der Waals surface area contributed by atoms with Gasteiger partial charge in [0.15, 0.2) is 5.76 Å². The molecule has 1 saturated carbocycles. The monoisotopic (exact) mass is 222 g/mol. The van der Waals surface area contributed by atoms with Crippen molar-refractivity contribution in [2.45, 2.75) is 31.7 Å². The molecular formula is C12H18N2O2. The van der Waals surface area contributed by atoms with Crippen molar-refractivity contribution in [2.75, 3.05) is 6.54 Å². The van der Waals surface area contributed by atoms with Gasteiger partial charge in [0.25, 0.3) is 5.91 Å². The van der Waals surface area contributed by atoms with Gasteiger partial charge in [0.1, 0.15) is 0 Å². The van der Waals surface area contributed by atoms with E-state index in [1.54, 1.807) is 12.1 Å². The molecule has 88 valence electrons. The Kier molecular flexibility index (Phi) is 3.62. The predicted octanol–water partition coefficient (Wildman–Crippen LogP) is 1.53. The first kappa shape index (κ1) is 11.2. The minimum atomic E-state index is -0.160. The van der Waals surface area contributed by atoms with Crippen LogP contribution in [0.3, 0.4) is 0 Å². The zero-order chi connectivity index (χ0) is 11.4. The Balaban J connectivity index is 1.93. The quantitative estimate of drug-likeness (QED) is 0.811. The molecule has 16 heavy (non-hydrogen) atoms. The highest BCUT2D eigenvalue weighted by Gasteiger charge is 2.26. The molecule has 4 nitrogen and oxygen atoms in total. The van der Waals surface area contributed by atoms with Gasteiger partial charge in [-0.3, -0.25) is 4.79 Å². The molecule has 1 amide bonds. The van der Waals surface area contributed by atoms with Crippen molar-refractivity contribution in [3.05, 3.63) is 24.2 Å². The van der Waals surface area contributed by atoms with Crippen LogP contribution in [-0.2, 0) is 0 Å². The van der Waals surface area contributed by atoms with Crippen LogP contribution in [0.2, 0.25) is 0 Å². The SMILES string of the molecule is NCC(NC(=O)c1ccco1)C1CCCC1. The molecule has 1 aromatic heterocycles. The fourth-order valence-electron chi connectivity index (χ4n) is 2.38. The maximum absolute atomic E-state index is 11.8. The number of amides is 1. The summed E-state index contributed by atoms with van der Waals surface area (Å²) in [4.78, 5) is 11.8. The van der Waals surface area contributed by atoms with Crippen LogP contribution in [0.1, 0.15) is 36.2 Å². The van der Waals surface area contributed by atoms with Crippen molar-refractivity contribution < 1.29 is 9.21 Å². The molecule has 1 heterocycles. The van der Waals surface area contributed by atoms with Crippen molar-refractivity contribution in [3.8, 4) is 0 Å². The number of rotatable bonds is 4. The van der Waals surface area contributed by atoms with E-state index in [0.717, 1.165) is 0 Å². The molecule has 1 aliphatic carbocycles. The summed E-state index contributed by atoms with van der Waals surface area (Å²) in [6.45, 7) is 0.497. The Bertz CT molecular complexity index is 329. The summed E-state index contributed by atoms with van der Waals surface area (Å²) in [5.74, 6) is 0.729. The summed E-state index contributed by atoms with van der Waals surface area (Å²) in [7, 11) is 0. The zero-order valence-electron chi connectivity index (χ0n) is 9.32. The molecule has 1 fully saturated rings. The van der Waals surface area contributed by atoms with Gasteiger partial charge in [0.05, 0.1) is 6.26 Å². The smallest absolute Gasteiger partial charge is 0.287 e. The van der Waals surface area contributed by atoms with E-state index in [9.17, 15) is 4.79 Å². The lowest BCUT2D eigenvalue weighted by Gasteiger charge is -2.22. The largest absolute Gasteiger partial charge is 0.459 e. The maximum atomic E-state index is 11.8. The van der Waals surface area contributed by atoms with Crippen LogP contribution in [0.4, 0.5) is 0 Å². The van der Waals surface area contributed by atoms with Gasteiger partial charge in [0.2, 0.25) is 0 Å². The van der Waals surface area contributed by atoms with Crippen LogP contribution in [0, 0.1) is 5.92 Å². The number of carbonyl (C=O) groups is 1. The number of hydrogen-bond donors (Lipinski definition) is 2. The van der Waals surface area contributed by atoms with Gasteiger partial charge in [0, 0.05) is 12.6 Å². The van der Waals surface area contributed by atoms with E-state index >= 15 is 0 Å². The molecule has 1 unspecified atom stereocenters. The summed E-state index contributed by atoms with van der Waals surface area (Å²) in [6.07, 6.45) is 6.33. The van der Waals surface area contributed by atoms with Crippen molar-refractivity contribution in [2.24, 2.45) is 11.7 Å². The first-order chi connectivity index (χ1) is 7.81. The number of hydrogen-bond acceptors (Lipinski definition) is 3. The summed E-state index contributed by atoms with van der Waals surface area (Å²) in [5.41, 5.74) is 5.71. The van der Waals surface area contributed by atoms with E-state index in [1.165, 1.54) is 31.9 Å². The summed E-state index contributed by atoms with van der Waals surface area (Å²) >= 11 is 0. The van der Waals surface area contributed by atoms with Crippen molar-refractivity contribution in [1.29, 1.82) is 0 Å². The van der Waals surface area contributed by atoms with E-state index in [-0.39, 0.29) is 11.9 Å². The Hall–Kier alpha value is -1.29. The molecular weight excluding hydrogens is 204 g/mol. The predicted molar refractivity (Wildman–Crippen MR) is 61.0 cm³/mol. The van der Waals surface area contributed by atoms with Gasteiger partial charge in [-0.05, 0) is 30.9 Å². The van der Waals surface area contributed by atoms with Crippen LogP contribution >= 0.6 is 0 Å². The average molecular weight is 222 g/mol. The van der Waals surface area contributed by atoms with Crippen LogP contribution in [-0.4, -0.2) is 18.5 Å². The number of carbonyl (C=O) groups excluding carboxylic acids is 1. The third-order valence-electron chi connectivity index (χ3n) is 3.28. The fraction of sp³-hybridized carbons (Fsp3) is 0.583. The Labute approximate surface area is 95.2 Å². The lowest BCUT2D eigenvalue weighted by atomic mass is 9.98. The summed E-state index contributed by atoms with van der Waals surface area (Å²) in [5, 5.41) is 2.95. The molecule has 1 aromatic rings. The molecule has 2 rings (SSSR count). The highest BCUT2D eigenvalue weighted by Crippen LogP contribution is 2.27. The third-order valence-corrected chi connectivity index (χ3v) is 3.28. The first-order valence-corrected chi connectivity index (χ1v) is 5.85.